The Morgan fingerprint density at radius 1 is 1.09 bits per heavy atom. The van der Waals surface area contributed by atoms with E-state index in [0.717, 1.165) is 42.2 Å². The number of hydrogen-bond acceptors (Lipinski definition) is 5. The third-order valence-corrected chi connectivity index (χ3v) is 7.37. The average molecular weight is 479 g/mol. The Hall–Kier alpha value is -3.13. The monoisotopic (exact) mass is 478 g/mol. The second-order valence-corrected chi connectivity index (χ2v) is 9.97. The molecule has 0 aromatic heterocycles. The SMILES string of the molecule is Cc1ccccc1CN(C)C(=O)c1ccc(NC(=O)CC2SC(N3CCCCC3)=NC2=O)cc1. The van der Waals surface area contributed by atoms with Crippen molar-refractivity contribution in [1.82, 2.24) is 9.80 Å². The topological polar surface area (TPSA) is 82.1 Å². The first-order valence-corrected chi connectivity index (χ1v) is 12.5. The van der Waals surface area contributed by atoms with Gasteiger partial charge < -0.3 is 15.1 Å². The number of amidine groups is 1. The summed E-state index contributed by atoms with van der Waals surface area (Å²) in [6.07, 6.45) is 3.50. The number of anilines is 1. The zero-order chi connectivity index (χ0) is 24.1. The molecular weight excluding hydrogens is 448 g/mol. The van der Waals surface area contributed by atoms with E-state index < -0.39 is 5.25 Å². The van der Waals surface area contributed by atoms with E-state index in [2.05, 4.69) is 15.2 Å². The predicted octanol–water partition coefficient (Wildman–Crippen LogP) is 4.08. The maximum absolute atomic E-state index is 12.8. The van der Waals surface area contributed by atoms with Crippen molar-refractivity contribution >= 4 is 40.3 Å². The van der Waals surface area contributed by atoms with Gasteiger partial charge in [-0.1, -0.05) is 36.0 Å². The molecule has 1 N–H and O–H groups in total. The fourth-order valence-corrected chi connectivity index (χ4v) is 5.26. The number of hydrogen-bond donors (Lipinski definition) is 1. The number of rotatable bonds is 6. The van der Waals surface area contributed by atoms with Crippen LogP contribution >= 0.6 is 11.8 Å². The van der Waals surface area contributed by atoms with E-state index in [-0.39, 0.29) is 24.1 Å². The zero-order valence-electron chi connectivity index (χ0n) is 19.6. The van der Waals surface area contributed by atoms with Crippen LogP contribution in [-0.4, -0.2) is 58.1 Å². The third-order valence-electron chi connectivity index (χ3n) is 6.16. The van der Waals surface area contributed by atoms with Gasteiger partial charge in [-0.15, -0.1) is 0 Å². The van der Waals surface area contributed by atoms with Gasteiger partial charge in [-0.3, -0.25) is 14.4 Å². The van der Waals surface area contributed by atoms with E-state index in [1.807, 2.05) is 31.2 Å². The molecule has 0 spiro atoms. The lowest BCUT2D eigenvalue weighted by atomic mass is 10.1. The predicted molar refractivity (Wildman–Crippen MR) is 136 cm³/mol. The van der Waals surface area contributed by atoms with Crippen LogP contribution in [0.15, 0.2) is 53.5 Å². The number of aliphatic imine (C=N–C) groups is 1. The van der Waals surface area contributed by atoms with Gasteiger partial charge in [0.2, 0.25) is 5.91 Å². The highest BCUT2D eigenvalue weighted by molar-refractivity contribution is 8.15. The standard InChI is InChI=1S/C26H30N4O3S/c1-18-8-4-5-9-20(18)17-29(2)25(33)19-10-12-21(13-11-19)27-23(31)16-22-24(32)28-26(34-22)30-14-6-3-7-15-30/h4-5,8-13,22H,3,6-7,14-17H2,1-2H3,(H,27,31). The van der Waals surface area contributed by atoms with Crippen molar-refractivity contribution in [3.8, 4) is 0 Å². The van der Waals surface area contributed by atoms with Crippen LogP contribution in [0.3, 0.4) is 0 Å². The molecule has 7 nitrogen and oxygen atoms in total. The quantitative estimate of drug-likeness (QED) is 0.677. The Morgan fingerprint density at radius 3 is 2.50 bits per heavy atom. The third kappa shape index (κ3) is 5.86. The van der Waals surface area contributed by atoms with Gasteiger partial charge in [0, 0.05) is 44.4 Å². The first kappa shape index (κ1) is 24.0. The summed E-state index contributed by atoms with van der Waals surface area (Å²) in [5.41, 5.74) is 3.40. The molecule has 0 aliphatic carbocycles. The first-order valence-electron chi connectivity index (χ1n) is 11.6. The van der Waals surface area contributed by atoms with Crippen LogP contribution in [0.2, 0.25) is 0 Å². The van der Waals surface area contributed by atoms with E-state index in [1.165, 1.54) is 18.2 Å². The lowest BCUT2D eigenvalue weighted by Gasteiger charge is -2.27. The Bertz CT molecular complexity index is 1090. The van der Waals surface area contributed by atoms with E-state index in [0.29, 0.717) is 17.8 Å². The van der Waals surface area contributed by atoms with Gasteiger partial charge in [-0.2, -0.15) is 4.99 Å². The summed E-state index contributed by atoms with van der Waals surface area (Å²) in [5.74, 6) is -0.563. The number of nitrogens with zero attached hydrogens (tertiary/aromatic N) is 3. The lowest BCUT2D eigenvalue weighted by Crippen LogP contribution is -2.33. The summed E-state index contributed by atoms with van der Waals surface area (Å²) < 4.78 is 0. The molecular formula is C26H30N4O3S. The highest BCUT2D eigenvalue weighted by atomic mass is 32.2. The Morgan fingerprint density at radius 2 is 1.79 bits per heavy atom. The molecule has 2 aromatic rings. The van der Waals surface area contributed by atoms with E-state index in [4.69, 9.17) is 0 Å². The highest BCUT2D eigenvalue weighted by Gasteiger charge is 2.33. The number of piperidine rings is 1. The van der Waals surface area contributed by atoms with E-state index in [9.17, 15) is 14.4 Å². The largest absolute Gasteiger partial charge is 0.351 e. The van der Waals surface area contributed by atoms with E-state index >= 15 is 0 Å². The maximum Gasteiger partial charge on any atom is 0.262 e. The van der Waals surface area contributed by atoms with Gasteiger partial charge in [0.25, 0.3) is 11.8 Å². The fraction of sp³-hybridized carbons (Fsp3) is 0.385. The number of likely N-dealkylation sites (tertiary alicyclic amines) is 1. The van der Waals surface area contributed by atoms with Crippen LogP contribution in [0.1, 0.15) is 47.2 Å². The van der Waals surface area contributed by atoms with Gasteiger partial charge >= 0.3 is 0 Å². The molecule has 1 atom stereocenters. The van der Waals surface area contributed by atoms with Gasteiger partial charge in [0.15, 0.2) is 5.17 Å². The molecule has 0 radical (unpaired) electrons. The Kier molecular flexibility index (Phi) is 7.67. The summed E-state index contributed by atoms with van der Waals surface area (Å²) in [6, 6.07) is 14.8. The molecule has 1 saturated heterocycles. The molecule has 3 amide bonds. The minimum absolute atomic E-state index is 0.0736. The van der Waals surface area contributed by atoms with Crippen LogP contribution in [-0.2, 0) is 16.1 Å². The number of carbonyl (C=O) groups excluding carboxylic acids is 3. The fourth-order valence-electron chi connectivity index (χ4n) is 4.14. The van der Waals surface area contributed by atoms with Crippen molar-refractivity contribution in [2.24, 2.45) is 4.99 Å². The lowest BCUT2D eigenvalue weighted by molar-refractivity contribution is -0.121. The van der Waals surface area contributed by atoms with Crippen LogP contribution in [0.25, 0.3) is 0 Å². The number of benzene rings is 2. The Labute approximate surface area is 204 Å². The normalized spacial score (nSPS) is 17.9. The molecule has 2 heterocycles. The zero-order valence-corrected chi connectivity index (χ0v) is 20.4. The molecule has 0 saturated carbocycles. The highest BCUT2D eigenvalue weighted by Crippen LogP contribution is 2.29. The molecule has 4 rings (SSSR count). The van der Waals surface area contributed by atoms with Gasteiger partial charge in [-0.25, -0.2) is 0 Å². The van der Waals surface area contributed by atoms with Crippen molar-refractivity contribution in [3.05, 3.63) is 65.2 Å². The molecule has 1 unspecified atom stereocenters. The smallest absolute Gasteiger partial charge is 0.262 e. The number of thioether (sulfide) groups is 1. The van der Waals surface area contributed by atoms with Gasteiger partial charge in [0.1, 0.15) is 5.25 Å². The molecule has 1 fully saturated rings. The van der Waals surface area contributed by atoms with Crippen molar-refractivity contribution in [3.63, 3.8) is 0 Å². The molecule has 2 aromatic carbocycles. The van der Waals surface area contributed by atoms with Gasteiger partial charge in [0.05, 0.1) is 0 Å². The number of nitrogens with one attached hydrogen (secondary N) is 1. The molecule has 0 bridgehead atoms. The van der Waals surface area contributed by atoms with Crippen molar-refractivity contribution in [1.29, 1.82) is 0 Å². The maximum atomic E-state index is 12.8. The van der Waals surface area contributed by atoms with Gasteiger partial charge in [-0.05, 0) is 61.6 Å². The van der Waals surface area contributed by atoms with Crippen molar-refractivity contribution in [2.45, 2.75) is 44.4 Å². The molecule has 34 heavy (non-hydrogen) atoms. The van der Waals surface area contributed by atoms with Crippen LogP contribution in [0.5, 0.6) is 0 Å². The molecule has 2 aliphatic rings. The summed E-state index contributed by atoms with van der Waals surface area (Å²) in [7, 11) is 1.78. The summed E-state index contributed by atoms with van der Waals surface area (Å²) in [4.78, 5) is 45.6. The summed E-state index contributed by atoms with van der Waals surface area (Å²) >= 11 is 1.39. The summed E-state index contributed by atoms with van der Waals surface area (Å²) in [6.45, 7) is 4.40. The minimum Gasteiger partial charge on any atom is -0.351 e. The van der Waals surface area contributed by atoms with Crippen LogP contribution in [0, 0.1) is 6.92 Å². The van der Waals surface area contributed by atoms with Crippen LogP contribution < -0.4 is 5.32 Å². The molecule has 178 valence electrons. The van der Waals surface area contributed by atoms with E-state index in [1.54, 1.807) is 36.2 Å². The molecule has 8 heteroatoms. The van der Waals surface area contributed by atoms with Crippen molar-refractivity contribution < 1.29 is 14.4 Å². The number of aryl methyl sites for hydroxylation is 1. The molecule has 2 aliphatic heterocycles. The number of carbonyl (C=O) groups is 3. The summed E-state index contributed by atoms with van der Waals surface area (Å²) in [5, 5.41) is 3.10. The van der Waals surface area contributed by atoms with Crippen LogP contribution in [0.4, 0.5) is 5.69 Å². The second-order valence-electron chi connectivity index (χ2n) is 8.80. The second kappa shape index (κ2) is 10.9. The minimum atomic E-state index is -0.479. The Balaban J connectivity index is 1.28. The first-order chi connectivity index (χ1) is 16.4. The van der Waals surface area contributed by atoms with Crippen molar-refractivity contribution in [2.75, 3.05) is 25.5 Å². The average Bonchev–Trinajstić information content (AvgIpc) is 3.21. The number of amides is 3.